The van der Waals surface area contributed by atoms with Gasteiger partial charge in [0, 0.05) is 13.1 Å². The minimum absolute atomic E-state index is 0.0488. The SMILES string of the molecule is CC(=O)Nc1c(C(=O)O)ccnc1C. The molecule has 0 unspecified atom stereocenters. The van der Waals surface area contributed by atoms with Gasteiger partial charge in [-0.1, -0.05) is 0 Å². The largest absolute Gasteiger partial charge is 0.478 e. The summed E-state index contributed by atoms with van der Waals surface area (Å²) in [6.07, 6.45) is 1.39. The Hall–Kier alpha value is -1.91. The lowest BCUT2D eigenvalue weighted by Crippen LogP contribution is -2.12. The van der Waals surface area contributed by atoms with E-state index in [0.717, 1.165) is 0 Å². The van der Waals surface area contributed by atoms with Gasteiger partial charge in [0.1, 0.15) is 0 Å². The number of aryl methyl sites for hydroxylation is 1. The molecule has 5 nitrogen and oxygen atoms in total. The van der Waals surface area contributed by atoms with Crippen molar-refractivity contribution >= 4 is 17.6 Å². The minimum atomic E-state index is -1.08. The molecule has 0 aromatic carbocycles. The summed E-state index contributed by atoms with van der Waals surface area (Å²) in [5.74, 6) is -1.40. The third-order valence-corrected chi connectivity index (χ3v) is 1.67. The van der Waals surface area contributed by atoms with E-state index in [1.165, 1.54) is 19.2 Å². The minimum Gasteiger partial charge on any atom is -0.478 e. The molecule has 1 rings (SSSR count). The molecule has 0 radical (unpaired) electrons. The fourth-order valence-corrected chi connectivity index (χ4v) is 1.08. The Balaban J connectivity index is 3.22. The predicted octanol–water partition coefficient (Wildman–Crippen LogP) is 1.05. The Morgan fingerprint density at radius 2 is 2.14 bits per heavy atom. The highest BCUT2D eigenvalue weighted by atomic mass is 16.4. The molecule has 0 atom stereocenters. The van der Waals surface area contributed by atoms with E-state index in [0.29, 0.717) is 5.69 Å². The van der Waals surface area contributed by atoms with Crippen molar-refractivity contribution in [3.8, 4) is 0 Å². The van der Waals surface area contributed by atoms with Crippen LogP contribution < -0.4 is 5.32 Å². The van der Waals surface area contributed by atoms with Gasteiger partial charge in [0.25, 0.3) is 0 Å². The van der Waals surface area contributed by atoms with E-state index in [9.17, 15) is 9.59 Å². The molecule has 1 amide bonds. The topological polar surface area (TPSA) is 79.3 Å². The molecule has 1 heterocycles. The van der Waals surface area contributed by atoms with Gasteiger partial charge >= 0.3 is 5.97 Å². The lowest BCUT2D eigenvalue weighted by molar-refractivity contribution is -0.114. The monoisotopic (exact) mass is 194 g/mol. The summed E-state index contributed by atoms with van der Waals surface area (Å²) in [4.78, 5) is 25.5. The quantitative estimate of drug-likeness (QED) is 0.737. The van der Waals surface area contributed by atoms with Crippen LogP contribution in [0.3, 0.4) is 0 Å². The standard InChI is InChI=1S/C9H10N2O3/c1-5-8(11-6(2)12)7(9(13)14)3-4-10-5/h3-4H,1-2H3,(H,11,12)(H,13,14). The molecular weight excluding hydrogens is 184 g/mol. The number of hydrogen-bond donors (Lipinski definition) is 2. The molecule has 0 fully saturated rings. The average Bonchev–Trinajstić information content (AvgIpc) is 2.07. The summed E-state index contributed by atoms with van der Waals surface area (Å²) in [5, 5.41) is 11.3. The van der Waals surface area contributed by atoms with Gasteiger partial charge in [-0.05, 0) is 13.0 Å². The number of rotatable bonds is 2. The molecule has 0 aliphatic heterocycles. The maximum atomic E-state index is 10.8. The van der Waals surface area contributed by atoms with E-state index in [-0.39, 0.29) is 17.2 Å². The van der Waals surface area contributed by atoms with Crippen LogP contribution in [0.4, 0.5) is 5.69 Å². The normalized spacial score (nSPS) is 9.57. The van der Waals surface area contributed by atoms with Crippen LogP contribution in [0.25, 0.3) is 0 Å². The van der Waals surface area contributed by atoms with Crippen molar-refractivity contribution in [2.45, 2.75) is 13.8 Å². The molecule has 5 heteroatoms. The van der Waals surface area contributed by atoms with E-state index < -0.39 is 5.97 Å². The Bertz CT molecular complexity index is 388. The summed E-state index contributed by atoms with van der Waals surface area (Å²) in [7, 11) is 0. The molecule has 1 aromatic heterocycles. The Morgan fingerprint density at radius 3 is 2.64 bits per heavy atom. The number of aromatic nitrogens is 1. The van der Waals surface area contributed by atoms with Crippen LogP contribution in [-0.2, 0) is 4.79 Å². The van der Waals surface area contributed by atoms with Gasteiger partial charge in [-0.25, -0.2) is 4.79 Å². The van der Waals surface area contributed by atoms with Gasteiger partial charge in [0.2, 0.25) is 5.91 Å². The van der Waals surface area contributed by atoms with Crippen molar-refractivity contribution in [2.75, 3.05) is 5.32 Å². The van der Waals surface area contributed by atoms with Crippen molar-refractivity contribution < 1.29 is 14.7 Å². The average molecular weight is 194 g/mol. The van der Waals surface area contributed by atoms with Crippen molar-refractivity contribution in [1.82, 2.24) is 4.98 Å². The van der Waals surface area contributed by atoms with Crippen LogP contribution in [0.5, 0.6) is 0 Å². The zero-order chi connectivity index (χ0) is 10.7. The summed E-state index contributed by atoms with van der Waals surface area (Å²) in [5.41, 5.74) is 0.792. The lowest BCUT2D eigenvalue weighted by atomic mass is 10.2. The van der Waals surface area contributed by atoms with Gasteiger partial charge in [0.15, 0.2) is 0 Å². The van der Waals surface area contributed by atoms with Crippen molar-refractivity contribution in [2.24, 2.45) is 0 Å². The maximum absolute atomic E-state index is 10.8. The summed E-state index contributed by atoms with van der Waals surface area (Å²) in [6.45, 7) is 2.95. The predicted molar refractivity (Wildman–Crippen MR) is 50.2 cm³/mol. The van der Waals surface area contributed by atoms with Crippen LogP contribution in [0, 0.1) is 6.92 Å². The number of carbonyl (C=O) groups excluding carboxylic acids is 1. The highest BCUT2D eigenvalue weighted by molar-refractivity contribution is 6.00. The fraction of sp³-hybridized carbons (Fsp3) is 0.222. The van der Waals surface area contributed by atoms with Crippen LogP contribution in [0.2, 0.25) is 0 Å². The smallest absolute Gasteiger partial charge is 0.337 e. The number of anilines is 1. The summed E-state index contributed by atoms with van der Waals surface area (Å²) >= 11 is 0. The Labute approximate surface area is 80.8 Å². The number of pyridine rings is 1. The van der Waals surface area contributed by atoms with Gasteiger partial charge in [-0.2, -0.15) is 0 Å². The van der Waals surface area contributed by atoms with E-state index in [1.54, 1.807) is 6.92 Å². The molecule has 0 saturated carbocycles. The third kappa shape index (κ3) is 2.07. The number of amides is 1. The molecule has 14 heavy (non-hydrogen) atoms. The van der Waals surface area contributed by atoms with Gasteiger partial charge < -0.3 is 10.4 Å². The molecule has 1 aromatic rings. The maximum Gasteiger partial charge on any atom is 0.337 e. The van der Waals surface area contributed by atoms with E-state index >= 15 is 0 Å². The number of nitrogens with zero attached hydrogens (tertiary/aromatic N) is 1. The van der Waals surface area contributed by atoms with Crippen LogP contribution in [-0.4, -0.2) is 22.0 Å². The zero-order valence-electron chi connectivity index (χ0n) is 7.87. The third-order valence-electron chi connectivity index (χ3n) is 1.67. The van der Waals surface area contributed by atoms with Crippen LogP contribution in [0.15, 0.2) is 12.3 Å². The van der Waals surface area contributed by atoms with Gasteiger partial charge in [-0.3, -0.25) is 9.78 Å². The van der Waals surface area contributed by atoms with Crippen molar-refractivity contribution in [3.63, 3.8) is 0 Å². The molecule has 74 valence electrons. The molecule has 0 aliphatic rings. The van der Waals surface area contributed by atoms with Gasteiger partial charge in [-0.15, -0.1) is 0 Å². The molecule has 0 spiro atoms. The first kappa shape index (κ1) is 10.2. The first-order valence-corrected chi connectivity index (χ1v) is 3.99. The first-order chi connectivity index (χ1) is 6.52. The van der Waals surface area contributed by atoms with Crippen molar-refractivity contribution in [3.05, 3.63) is 23.5 Å². The number of hydrogen-bond acceptors (Lipinski definition) is 3. The number of carbonyl (C=O) groups is 2. The number of nitrogens with one attached hydrogen (secondary N) is 1. The second-order valence-corrected chi connectivity index (χ2v) is 2.81. The highest BCUT2D eigenvalue weighted by Crippen LogP contribution is 2.18. The first-order valence-electron chi connectivity index (χ1n) is 3.99. The fourth-order valence-electron chi connectivity index (χ4n) is 1.08. The molecular formula is C9H10N2O3. The van der Waals surface area contributed by atoms with E-state index in [1.807, 2.05) is 0 Å². The Kier molecular flexibility index (Phi) is 2.81. The summed E-state index contributed by atoms with van der Waals surface area (Å²) < 4.78 is 0. The van der Waals surface area contributed by atoms with Crippen molar-refractivity contribution in [1.29, 1.82) is 0 Å². The molecule has 0 bridgehead atoms. The molecule has 0 saturated heterocycles. The lowest BCUT2D eigenvalue weighted by Gasteiger charge is -2.08. The van der Waals surface area contributed by atoms with E-state index in [2.05, 4.69) is 10.3 Å². The van der Waals surface area contributed by atoms with Crippen LogP contribution >= 0.6 is 0 Å². The molecule has 2 N–H and O–H groups in total. The molecule has 0 aliphatic carbocycles. The number of carboxylic acids is 1. The van der Waals surface area contributed by atoms with E-state index in [4.69, 9.17) is 5.11 Å². The van der Waals surface area contributed by atoms with Gasteiger partial charge in [0.05, 0.1) is 16.9 Å². The second-order valence-electron chi connectivity index (χ2n) is 2.81. The highest BCUT2D eigenvalue weighted by Gasteiger charge is 2.13. The zero-order valence-corrected chi connectivity index (χ0v) is 7.87. The Morgan fingerprint density at radius 1 is 1.50 bits per heavy atom. The van der Waals surface area contributed by atoms with Crippen LogP contribution in [0.1, 0.15) is 23.0 Å². The summed E-state index contributed by atoms with van der Waals surface area (Å²) in [6, 6.07) is 1.35. The number of aromatic carboxylic acids is 1. The number of carboxylic acid groups (broad SMARTS) is 1. The second kappa shape index (κ2) is 3.87.